The lowest BCUT2D eigenvalue weighted by Gasteiger charge is -2.03. The van der Waals surface area contributed by atoms with Crippen molar-refractivity contribution in [2.24, 2.45) is 0 Å². The first kappa shape index (κ1) is 13.7. The first-order chi connectivity index (χ1) is 10.0. The van der Waals surface area contributed by atoms with E-state index in [9.17, 15) is 13.6 Å². The van der Waals surface area contributed by atoms with Crippen LogP contribution in [0.5, 0.6) is 0 Å². The van der Waals surface area contributed by atoms with Crippen LogP contribution in [0, 0.1) is 11.6 Å². The number of benzene rings is 1. The van der Waals surface area contributed by atoms with Gasteiger partial charge in [0.2, 0.25) is 0 Å². The topological polar surface area (TPSA) is 55.1 Å². The fourth-order valence-corrected chi connectivity index (χ4v) is 3.13. The second kappa shape index (κ2) is 4.92. The Morgan fingerprint density at radius 3 is 2.76 bits per heavy atom. The third-order valence-corrected chi connectivity index (χ3v) is 4.22. The number of aromatic nitrogens is 2. The van der Waals surface area contributed by atoms with E-state index in [0.717, 1.165) is 23.5 Å². The second-order valence-electron chi connectivity index (χ2n) is 4.44. The third kappa shape index (κ3) is 2.19. The van der Waals surface area contributed by atoms with E-state index in [-0.39, 0.29) is 10.6 Å². The number of aryl methyl sites for hydroxylation is 1. The molecule has 2 heterocycles. The van der Waals surface area contributed by atoms with Crippen LogP contribution in [0.4, 0.5) is 8.78 Å². The van der Waals surface area contributed by atoms with Gasteiger partial charge in [-0.15, -0.1) is 11.3 Å². The van der Waals surface area contributed by atoms with Crippen molar-refractivity contribution in [2.75, 3.05) is 0 Å². The van der Waals surface area contributed by atoms with Crippen molar-refractivity contribution in [1.82, 2.24) is 9.78 Å². The van der Waals surface area contributed by atoms with Crippen molar-refractivity contribution < 1.29 is 18.7 Å². The molecular weight excluding hydrogens is 298 g/mol. The molecule has 3 rings (SSSR count). The van der Waals surface area contributed by atoms with Crippen LogP contribution in [0.25, 0.3) is 15.9 Å². The number of nitrogens with zero attached hydrogens (tertiary/aromatic N) is 2. The average Bonchev–Trinajstić information content (AvgIpc) is 2.98. The first-order valence-electron chi connectivity index (χ1n) is 6.21. The Morgan fingerprint density at radius 2 is 2.14 bits per heavy atom. The summed E-state index contributed by atoms with van der Waals surface area (Å²) in [6.07, 6.45) is 0.585. The fourth-order valence-electron chi connectivity index (χ4n) is 2.15. The minimum atomic E-state index is -1.04. The normalized spacial score (nSPS) is 11.2. The van der Waals surface area contributed by atoms with Gasteiger partial charge in [-0.25, -0.2) is 18.3 Å². The maximum atomic E-state index is 13.9. The number of hydrogen-bond acceptors (Lipinski definition) is 3. The Balaban J connectivity index is 2.28. The highest BCUT2D eigenvalue weighted by Gasteiger charge is 2.19. The number of hydrogen-bond donors (Lipinski definition) is 1. The molecule has 108 valence electrons. The van der Waals surface area contributed by atoms with Crippen LogP contribution in [0.2, 0.25) is 0 Å². The number of thiophene rings is 1. The van der Waals surface area contributed by atoms with Gasteiger partial charge in [0, 0.05) is 11.5 Å². The van der Waals surface area contributed by atoms with Gasteiger partial charge >= 0.3 is 5.97 Å². The summed E-state index contributed by atoms with van der Waals surface area (Å²) >= 11 is 1.02. The largest absolute Gasteiger partial charge is 0.477 e. The highest BCUT2D eigenvalue weighted by molar-refractivity contribution is 7.20. The average molecular weight is 308 g/mol. The Hall–Kier alpha value is -2.28. The molecule has 3 aromatic rings. The van der Waals surface area contributed by atoms with E-state index in [1.54, 1.807) is 0 Å². The predicted octanol–water partition coefficient (Wildman–Crippen LogP) is 3.63. The van der Waals surface area contributed by atoms with Gasteiger partial charge in [0.1, 0.15) is 21.2 Å². The van der Waals surface area contributed by atoms with Crippen LogP contribution in [-0.2, 0) is 6.42 Å². The van der Waals surface area contributed by atoms with Crippen molar-refractivity contribution in [2.45, 2.75) is 13.3 Å². The van der Waals surface area contributed by atoms with E-state index in [1.165, 1.54) is 16.8 Å². The Kier molecular flexibility index (Phi) is 3.21. The fraction of sp³-hybridized carbons (Fsp3) is 0.143. The molecule has 1 aromatic carbocycles. The van der Waals surface area contributed by atoms with Crippen LogP contribution in [-0.4, -0.2) is 20.9 Å². The molecule has 0 aliphatic carbocycles. The van der Waals surface area contributed by atoms with E-state index < -0.39 is 17.6 Å². The molecule has 0 amide bonds. The van der Waals surface area contributed by atoms with Crippen molar-refractivity contribution in [3.63, 3.8) is 0 Å². The van der Waals surface area contributed by atoms with E-state index in [4.69, 9.17) is 5.11 Å². The Bertz CT molecular complexity index is 854. The van der Waals surface area contributed by atoms with E-state index >= 15 is 0 Å². The van der Waals surface area contributed by atoms with E-state index in [1.807, 2.05) is 6.92 Å². The van der Waals surface area contributed by atoms with Gasteiger partial charge in [-0.2, -0.15) is 5.10 Å². The molecule has 0 aliphatic heterocycles. The lowest BCUT2D eigenvalue weighted by Crippen LogP contribution is -2.00. The summed E-state index contributed by atoms with van der Waals surface area (Å²) in [7, 11) is 0. The van der Waals surface area contributed by atoms with Crippen molar-refractivity contribution in [1.29, 1.82) is 0 Å². The molecule has 0 bridgehead atoms. The zero-order valence-electron chi connectivity index (χ0n) is 10.9. The standard InChI is InChI=1S/C14H10F2N2O2S/c1-2-10-8-6-12(14(19)20)21-13(8)18(17-10)11-4-3-7(15)5-9(11)16/h3-6H,2H2,1H3,(H,19,20). The summed E-state index contributed by atoms with van der Waals surface area (Å²) in [5, 5.41) is 14.1. The highest BCUT2D eigenvalue weighted by atomic mass is 32.1. The molecule has 0 aliphatic rings. The monoisotopic (exact) mass is 308 g/mol. The summed E-state index contributed by atoms with van der Waals surface area (Å²) in [5.41, 5.74) is 0.775. The lowest BCUT2D eigenvalue weighted by atomic mass is 10.2. The Morgan fingerprint density at radius 1 is 1.38 bits per heavy atom. The number of carboxylic acids is 1. The second-order valence-corrected chi connectivity index (χ2v) is 5.47. The van der Waals surface area contributed by atoms with Gasteiger partial charge in [-0.1, -0.05) is 6.92 Å². The smallest absolute Gasteiger partial charge is 0.345 e. The molecule has 0 spiro atoms. The van der Waals surface area contributed by atoms with Crippen LogP contribution >= 0.6 is 11.3 Å². The molecule has 0 radical (unpaired) electrons. The number of halogens is 2. The van der Waals surface area contributed by atoms with Gasteiger partial charge in [0.05, 0.1) is 5.69 Å². The third-order valence-electron chi connectivity index (χ3n) is 3.12. The lowest BCUT2D eigenvalue weighted by molar-refractivity contribution is 0.0702. The zero-order chi connectivity index (χ0) is 15.1. The van der Waals surface area contributed by atoms with Crippen LogP contribution in [0.1, 0.15) is 22.3 Å². The van der Waals surface area contributed by atoms with Crippen molar-refractivity contribution in [3.8, 4) is 5.69 Å². The number of fused-ring (bicyclic) bond motifs is 1. The summed E-state index contributed by atoms with van der Waals surface area (Å²) in [6.45, 7) is 1.88. The number of aromatic carboxylic acids is 1. The molecule has 7 heteroatoms. The van der Waals surface area contributed by atoms with Crippen LogP contribution < -0.4 is 0 Å². The molecule has 0 atom stereocenters. The summed E-state index contributed by atoms with van der Waals surface area (Å²) in [5.74, 6) is -2.45. The number of carbonyl (C=O) groups is 1. The first-order valence-corrected chi connectivity index (χ1v) is 7.03. The molecule has 0 unspecified atom stereocenters. The predicted molar refractivity (Wildman–Crippen MR) is 75.2 cm³/mol. The van der Waals surface area contributed by atoms with Gasteiger partial charge in [0.25, 0.3) is 0 Å². The maximum Gasteiger partial charge on any atom is 0.345 e. The molecule has 0 saturated heterocycles. The summed E-state index contributed by atoms with van der Waals surface area (Å²) in [4.78, 5) is 11.8. The summed E-state index contributed by atoms with van der Waals surface area (Å²) in [6, 6.07) is 4.74. The van der Waals surface area contributed by atoms with Crippen molar-refractivity contribution in [3.05, 3.63) is 46.5 Å². The van der Waals surface area contributed by atoms with Crippen molar-refractivity contribution >= 4 is 27.5 Å². The molecular formula is C14H10F2N2O2S. The van der Waals surface area contributed by atoms with Gasteiger partial charge < -0.3 is 5.11 Å². The van der Waals surface area contributed by atoms with E-state index in [2.05, 4.69) is 5.10 Å². The molecule has 1 N–H and O–H groups in total. The zero-order valence-corrected chi connectivity index (χ0v) is 11.7. The number of carboxylic acid groups (broad SMARTS) is 1. The summed E-state index contributed by atoms with van der Waals surface area (Å²) < 4.78 is 28.3. The molecule has 21 heavy (non-hydrogen) atoms. The Labute approximate surface area is 122 Å². The highest BCUT2D eigenvalue weighted by Crippen LogP contribution is 2.31. The molecule has 0 saturated carbocycles. The molecule has 2 aromatic heterocycles. The minimum absolute atomic E-state index is 0.0971. The van der Waals surface area contributed by atoms with Crippen LogP contribution in [0.3, 0.4) is 0 Å². The quantitative estimate of drug-likeness (QED) is 0.804. The maximum absolute atomic E-state index is 13.9. The van der Waals surface area contributed by atoms with Crippen LogP contribution in [0.15, 0.2) is 24.3 Å². The van der Waals surface area contributed by atoms with E-state index in [0.29, 0.717) is 22.3 Å². The van der Waals surface area contributed by atoms with Gasteiger partial charge in [-0.3, -0.25) is 0 Å². The van der Waals surface area contributed by atoms with Gasteiger partial charge in [0.15, 0.2) is 5.82 Å². The molecule has 0 fully saturated rings. The van der Waals surface area contributed by atoms with Gasteiger partial charge in [-0.05, 0) is 24.6 Å². The SMILES string of the molecule is CCc1nn(-c2ccc(F)cc2F)c2sc(C(=O)O)cc12. The number of rotatable bonds is 3. The minimum Gasteiger partial charge on any atom is -0.477 e. The molecule has 4 nitrogen and oxygen atoms in total.